The molecule has 104 heavy (non-hydrogen) atoms. The molecule has 0 aliphatic rings. The van der Waals surface area contributed by atoms with E-state index >= 15 is 0 Å². The largest absolute Gasteiger partial charge is 0.472 e. The van der Waals surface area contributed by atoms with Crippen molar-refractivity contribution >= 4 is 39.5 Å². The number of rotatable bonds is 71. The molecule has 0 fully saturated rings. The molecule has 5 unspecified atom stereocenters. The van der Waals surface area contributed by atoms with Gasteiger partial charge in [-0.1, -0.05) is 268 Å². The van der Waals surface area contributed by atoms with Gasteiger partial charge in [-0.3, -0.25) is 37.3 Å². The summed E-state index contributed by atoms with van der Waals surface area (Å²) in [6.07, 6.45) is 90.5. The molecule has 588 valence electrons. The lowest BCUT2D eigenvalue weighted by Crippen LogP contribution is -2.30. The van der Waals surface area contributed by atoms with Gasteiger partial charge in [0.05, 0.1) is 32.8 Å². The number of phosphoric ester groups is 2. The SMILES string of the molecule is CC/C=C\C/C=C\C/C=C\C/C=C\C/C=C\CC(=O)OCC(COP(=O)(O)OCC(O)COP(=O)(O)OCC(COC(=O)CCCCCCCC/C=C\C/C=C\C/C=C\C/C=C\CC)OC(=O)CCCCCCC/C=C\C/C=C\CCCCC)OC(=O)CCCC/C=C\C/C=C\C/C=C\C/C=C\CC. The smallest absolute Gasteiger partial charge is 0.462 e. The summed E-state index contributed by atoms with van der Waals surface area (Å²) < 4.78 is 68.4. The van der Waals surface area contributed by atoms with Gasteiger partial charge in [0.25, 0.3) is 0 Å². The lowest BCUT2D eigenvalue weighted by atomic mass is 10.1. The second kappa shape index (κ2) is 75.4. The second-order valence-corrected chi connectivity index (χ2v) is 28.1. The number of hydrogen-bond donors (Lipinski definition) is 3. The number of carbonyl (C=O) groups is 4. The minimum atomic E-state index is -5.02. The molecular weight excluding hydrogens is 1350 g/mol. The molecule has 0 spiro atoms. The third-order valence-corrected chi connectivity index (χ3v) is 17.3. The Bertz CT molecular complexity index is 2690. The number of ether oxygens (including phenoxy) is 4. The van der Waals surface area contributed by atoms with Crippen LogP contribution >= 0.6 is 15.6 Å². The van der Waals surface area contributed by atoms with Crippen molar-refractivity contribution in [3.05, 3.63) is 182 Å². The van der Waals surface area contributed by atoms with Crippen LogP contribution in [0.15, 0.2) is 182 Å². The van der Waals surface area contributed by atoms with Crippen molar-refractivity contribution in [2.24, 2.45) is 0 Å². The predicted molar refractivity (Wildman–Crippen MR) is 426 cm³/mol. The molecular formula is C85H136O17P2. The van der Waals surface area contributed by atoms with Crippen LogP contribution < -0.4 is 0 Å². The van der Waals surface area contributed by atoms with Crippen LogP contribution in [-0.4, -0.2) is 96.7 Å². The van der Waals surface area contributed by atoms with E-state index < -0.39 is 97.5 Å². The van der Waals surface area contributed by atoms with Crippen molar-refractivity contribution in [1.29, 1.82) is 0 Å². The molecule has 0 aromatic rings. The fourth-order valence-corrected chi connectivity index (χ4v) is 11.1. The van der Waals surface area contributed by atoms with E-state index in [0.717, 1.165) is 167 Å². The first-order chi connectivity index (χ1) is 50.7. The Hall–Kier alpha value is -5.84. The summed E-state index contributed by atoms with van der Waals surface area (Å²) in [4.78, 5) is 72.9. The Labute approximate surface area is 628 Å². The second-order valence-electron chi connectivity index (χ2n) is 25.2. The highest BCUT2D eigenvalue weighted by molar-refractivity contribution is 7.47. The van der Waals surface area contributed by atoms with Gasteiger partial charge in [-0.25, -0.2) is 9.13 Å². The molecule has 0 aliphatic heterocycles. The van der Waals surface area contributed by atoms with E-state index in [9.17, 15) is 43.2 Å². The lowest BCUT2D eigenvalue weighted by Gasteiger charge is -2.21. The molecule has 0 saturated carbocycles. The van der Waals surface area contributed by atoms with Gasteiger partial charge in [-0.05, 0) is 161 Å². The van der Waals surface area contributed by atoms with Crippen LogP contribution in [0.1, 0.15) is 272 Å². The molecule has 0 heterocycles. The molecule has 3 N–H and O–H groups in total. The average molecular weight is 1490 g/mol. The number of allylic oxidation sites excluding steroid dienone is 29. The molecule has 0 aromatic heterocycles. The molecule has 0 radical (unpaired) electrons. The summed E-state index contributed by atoms with van der Waals surface area (Å²) in [5, 5.41) is 10.6. The van der Waals surface area contributed by atoms with E-state index in [4.69, 9.17) is 37.0 Å². The van der Waals surface area contributed by atoms with Crippen LogP contribution in [0.25, 0.3) is 0 Å². The highest BCUT2D eigenvalue weighted by Gasteiger charge is 2.30. The fourth-order valence-electron chi connectivity index (χ4n) is 9.54. The average Bonchev–Trinajstić information content (AvgIpc) is 0.912. The fraction of sp³-hybridized carbons (Fsp3) is 0.600. The molecule has 0 saturated heterocycles. The first-order valence-corrected chi connectivity index (χ1v) is 42.0. The van der Waals surface area contributed by atoms with E-state index in [1.54, 1.807) is 6.08 Å². The van der Waals surface area contributed by atoms with E-state index in [2.05, 4.69) is 180 Å². The number of unbranched alkanes of at least 4 members (excludes halogenated alkanes) is 16. The standard InChI is InChI=1S/C85H136O17P2/c1-5-9-13-17-21-25-29-33-37-38-39-40-44-46-50-54-58-62-66-70-83(88)96-76-81(102-85(90)72-68-64-60-56-52-48-43-36-32-28-24-20-16-12-8-4)78-100-104(93,94)98-74-79(86)73-97-103(91,92)99-77-80(101-84(89)71-67-63-59-55-51-47-42-35-31-27-23-19-15-11-7-3)75-95-82(87)69-65-61-57-53-49-45-41-34-30-26-22-18-14-10-6-2/h9-11,13-15,21-28,33-37,39-43,49,51,53,55,61,65,79-81,86H,5-8,12,16-20,29-32,38,44-48,50,52,54,56-60,62-64,66-78H2,1-4H3,(H,91,92)(H,93,94)/b13-9-,14-10-,15-11-,25-21-,26-22-,27-23-,28-24-,37-33-,40-39-,41-34-,42-35-,43-36-,53-49-,55-51-,65-61-. The third kappa shape index (κ3) is 74.4. The van der Waals surface area contributed by atoms with E-state index in [1.165, 1.54) is 19.3 Å². The highest BCUT2D eigenvalue weighted by atomic mass is 31.2. The van der Waals surface area contributed by atoms with Crippen molar-refractivity contribution in [2.75, 3.05) is 39.6 Å². The number of aliphatic hydroxyl groups excluding tert-OH is 1. The van der Waals surface area contributed by atoms with Gasteiger partial charge in [-0.15, -0.1) is 0 Å². The minimum absolute atomic E-state index is 0.0159. The zero-order valence-electron chi connectivity index (χ0n) is 64.1. The summed E-state index contributed by atoms with van der Waals surface area (Å²) in [6.45, 7) is 4.28. The van der Waals surface area contributed by atoms with Gasteiger partial charge in [0.1, 0.15) is 19.3 Å². The maximum absolute atomic E-state index is 13.1. The maximum Gasteiger partial charge on any atom is 0.472 e. The van der Waals surface area contributed by atoms with Gasteiger partial charge in [-0.2, -0.15) is 0 Å². The molecule has 0 rings (SSSR count). The first kappa shape index (κ1) is 98.2. The Morgan fingerprint density at radius 1 is 0.288 bits per heavy atom. The Morgan fingerprint density at radius 2 is 0.538 bits per heavy atom. The van der Waals surface area contributed by atoms with Crippen LogP contribution in [0.5, 0.6) is 0 Å². The monoisotopic (exact) mass is 1490 g/mol. The molecule has 0 amide bonds. The molecule has 0 aromatic carbocycles. The third-order valence-electron chi connectivity index (χ3n) is 15.4. The summed E-state index contributed by atoms with van der Waals surface area (Å²) in [5.74, 6) is -2.42. The normalized spacial score (nSPS) is 14.9. The molecule has 0 aliphatic carbocycles. The molecule has 19 heteroatoms. The van der Waals surface area contributed by atoms with Gasteiger partial charge >= 0.3 is 39.5 Å². The van der Waals surface area contributed by atoms with Gasteiger partial charge in [0, 0.05) is 19.3 Å². The van der Waals surface area contributed by atoms with Crippen molar-refractivity contribution in [2.45, 2.75) is 290 Å². The van der Waals surface area contributed by atoms with Gasteiger partial charge < -0.3 is 33.8 Å². The number of phosphoric acid groups is 2. The quantitative estimate of drug-likeness (QED) is 0.0169. The van der Waals surface area contributed by atoms with Crippen molar-refractivity contribution < 1.29 is 80.2 Å². The Kier molecular flexibility index (Phi) is 71.2. The number of hydrogen-bond acceptors (Lipinski definition) is 15. The van der Waals surface area contributed by atoms with Crippen LogP contribution in [-0.2, 0) is 65.4 Å². The van der Waals surface area contributed by atoms with Crippen LogP contribution in [0.3, 0.4) is 0 Å². The summed E-state index contributed by atoms with van der Waals surface area (Å²) >= 11 is 0. The molecule has 17 nitrogen and oxygen atoms in total. The van der Waals surface area contributed by atoms with Crippen LogP contribution in [0.4, 0.5) is 0 Å². The van der Waals surface area contributed by atoms with Gasteiger partial charge in [0.2, 0.25) is 0 Å². The van der Waals surface area contributed by atoms with E-state index in [0.29, 0.717) is 32.1 Å². The zero-order chi connectivity index (χ0) is 76.0. The summed E-state index contributed by atoms with van der Waals surface area (Å²) in [6, 6.07) is 0. The zero-order valence-corrected chi connectivity index (χ0v) is 65.9. The minimum Gasteiger partial charge on any atom is -0.462 e. The Morgan fingerprint density at radius 3 is 0.875 bits per heavy atom. The summed E-state index contributed by atoms with van der Waals surface area (Å²) in [5.41, 5.74) is 0. The van der Waals surface area contributed by atoms with Crippen molar-refractivity contribution in [3.63, 3.8) is 0 Å². The maximum atomic E-state index is 13.1. The van der Waals surface area contributed by atoms with Crippen molar-refractivity contribution in [1.82, 2.24) is 0 Å². The van der Waals surface area contributed by atoms with Gasteiger partial charge in [0.15, 0.2) is 12.2 Å². The van der Waals surface area contributed by atoms with Crippen LogP contribution in [0, 0.1) is 0 Å². The van der Waals surface area contributed by atoms with E-state index in [-0.39, 0.29) is 25.7 Å². The van der Waals surface area contributed by atoms with E-state index in [1.807, 2.05) is 24.3 Å². The summed E-state index contributed by atoms with van der Waals surface area (Å²) in [7, 11) is -10.0. The van der Waals surface area contributed by atoms with Crippen LogP contribution in [0.2, 0.25) is 0 Å². The Balaban J connectivity index is 5.49. The predicted octanol–water partition coefficient (Wildman–Crippen LogP) is 22.8. The van der Waals surface area contributed by atoms with Crippen molar-refractivity contribution in [3.8, 4) is 0 Å². The molecule has 5 atom stereocenters. The first-order valence-electron chi connectivity index (χ1n) is 39.0. The number of carbonyl (C=O) groups excluding carboxylic acids is 4. The number of esters is 4. The topological polar surface area (TPSA) is 237 Å². The molecule has 0 bridgehead atoms. The lowest BCUT2D eigenvalue weighted by molar-refractivity contribution is -0.161. The highest BCUT2D eigenvalue weighted by Crippen LogP contribution is 2.45. The number of aliphatic hydroxyl groups is 1.